The molecule has 1 aliphatic heterocycles. The van der Waals surface area contributed by atoms with Gasteiger partial charge in [0, 0.05) is 6.42 Å². The molecule has 140 valence electrons. The monoisotopic (exact) mass is 360 g/mol. The summed E-state index contributed by atoms with van der Waals surface area (Å²) in [6.45, 7) is -0.622. The lowest BCUT2D eigenvalue weighted by molar-refractivity contribution is -0.277. The summed E-state index contributed by atoms with van der Waals surface area (Å²) in [6.07, 6.45) is -9.27. The van der Waals surface area contributed by atoms with Crippen LogP contribution in [0.1, 0.15) is 5.56 Å². The van der Waals surface area contributed by atoms with Crippen LogP contribution in [0.5, 0.6) is 11.5 Å². The highest BCUT2D eigenvalue weighted by molar-refractivity contribution is 5.72. The van der Waals surface area contributed by atoms with Crippen LogP contribution in [0.2, 0.25) is 0 Å². The number of aliphatic hydroxyl groups excluding tert-OH is 5. The fourth-order valence-corrected chi connectivity index (χ4v) is 2.39. The number of rotatable bonds is 6. The lowest BCUT2D eigenvalue weighted by Gasteiger charge is -2.39. The second-order valence-electron chi connectivity index (χ2n) is 5.68. The molecule has 0 bridgehead atoms. The molecule has 10 nitrogen and oxygen atoms in total. The lowest BCUT2D eigenvalue weighted by Crippen LogP contribution is -2.60. The number of aliphatic carboxylic acids is 1. The van der Waals surface area contributed by atoms with E-state index in [1.807, 2.05) is 0 Å². The zero-order valence-corrected chi connectivity index (χ0v) is 13.0. The molecule has 1 aromatic rings. The number of hydrogen-bond donors (Lipinski definition) is 7. The molecule has 0 aromatic heterocycles. The zero-order valence-electron chi connectivity index (χ0n) is 13.0. The number of carbonyl (C=O) groups is 1. The summed E-state index contributed by atoms with van der Waals surface area (Å²) < 4.78 is 10.4. The standard InChI is InChI=1S/C15H20O10/c16-5-10-11(19)12(20)13(21)15(25-10)24-9-2-1-6(3-7(9)17)4-8(18)14(22)23/h1-3,8,10-13,15-21H,4-5H2,(H,22,23). The van der Waals surface area contributed by atoms with Gasteiger partial charge in [-0.2, -0.15) is 0 Å². The van der Waals surface area contributed by atoms with Crippen molar-refractivity contribution in [2.24, 2.45) is 0 Å². The molecule has 1 heterocycles. The Balaban J connectivity index is 2.10. The molecule has 6 unspecified atom stereocenters. The largest absolute Gasteiger partial charge is 0.504 e. The minimum atomic E-state index is -1.63. The summed E-state index contributed by atoms with van der Waals surface area (Å²) in [6, 6.07) is 3.83. The van der Waals surface area contributed by atoms with Gasteiger partial charge in [-0.1, -0.05) is 6.07 Å². The first-order chi connectivity index (χ1) is 11.7. The van der Waals surface area contributed by atoms with Gasteiger partial charge in [-0.15, -0.1) is 0 Å². The first-order valence-corrected chi connectivity index (χ1v) is 7.44. The van der Waals surface area contributed by atoms with E-state index in [2.05, 4.69) is 0 Å². The summed E-state index contributed by atoms with van der Waals surface area (Å²) >= 11 is 0. The van der Waals surface area contributed by atoms with Crippen LogP contribution in [0, 0.1) is 0 Å². The molecule has 1 aliphatic rings. The third-order valence-corrected chi connectivity index (χ3v) is 3.83. The Kier molecular flexibility index (Phi) is 6.16. The van der Waals surface area contributed by atoms with Crippen LogP contribution in [-0.2, 0) is 16.0 Å². The van der Waals surface area contributed by atoms with Crippen molar-refractivity contribution < 1.29 is 50.0 Å². The number of ether oxygens (including phenoxy) is 2. The lowest BCUT2D eigenvalue weighted by atomic mass is 9.99. The van der Waals surface area contributed by atoms with E-state index in [1.165, 1.54) is 18.2 Å². The molecular formula is C15H20O10. The Morgan fingerprint density at radius 1 is 1.20 bits per heavy atom. The summed E-state index contributed by atoms with van der Waals surface area (Å²) in [7, 11) is 0. The Morgan fingerprint density at radius 2 is 1.88 bits per heavy atom. The van der Waals surface area contributed by atoms with Gasteiger partial charge < -0.3 is 45.2 Å². The molecule has 6 atom stereocenters. The molecule has 0 saturated carbocycles. The van der Waals surface area contributed by atoms with Crippen LogP contribution in [0.15, 0.2) is 18.2 Å². The minimum absolute atomic E-state index is 0.141. The van der Waals surface area contributed by atoms with Gasteiger partial charge in [0.2, 0.25) is 6.29 Å². The second-order valence-corrected chi connectivity index (χ2v) is 5.68. The van der Waals surface area contributed by atoms with Gasteiger partial charge in [0.1, 0.15) is 24.4 Å². The molecule has 0 radical (unpaired) electrons. The number of benzene rings is 1. The van der Waals surface area contributed by atoms with E-state index in [9.17, 15) is 30.3 Å². The Hall–Kier alpha value is -1.95. The molecule has 2 rings (SSSR count). The Labute approximate surface area is 142 Å². The number of aromatic hydroxyl groups is 1. The van der Waals surface area contributed by atoms with Crippen molar-refractivity contribution in [1.82, 2.24) is 0 Å². The topological polar surface area (TPSA) is 177 Å². The molecule has 1 saturated heterocycles. The van der Waals surface area contributed by atoms with Gasteiger partial charge in [0.15, 0.2) is 17.6 Å². The van der Waals surface area contributed by atoms with E-state index in [0.29, 0.717) is 5.56 Å². The van der Waals surface area contributed by atoms with E-state index >= 15 is 0 Å². The van der Waals surface area contributed by atoms with Crippen LogP contribution in [0.4, 0.5) is 0 Å². The molecule has 10 heteroatoms. The van der Waals surface area contributed by atoms with Crippen LogP contribution in [0.3, 0.4) is 0 Å². The number of hydrogen-bond acceptors (Lipinski definition) is 9. The van der Waals surface area contributed by atoms with Crippen molar-refractivity contribution in [2.45, 2.75) is 43.2 Å². The van der Waals surface area contributed by atoms with E-state index in [1.54, 1.807) is 0 Å². The van der Waals surface area contributed by atoms with E-state index < -0.39 is 55.1 Å². The fraction of sp³-hybridized carbons (Fsp3) is 0.533. The fourth-order valence-electron chi connectivity index (χ4n) is 2.39. The number of aliphatic hydroxyl groups is 5. The van der Waals surface area contributed by atoms with Crippen molar-refractivity contribution >= 4 is 5.97 Å². The third-order valence-electron chi connectivity index (χ3n) is 3.83. The van der Waals surface area contributed by atoms with Crippen molar-refractivity contribution in [2.75, 3.05) is 6.61 Å². The normalized spacial score (nSPS) is 30.7. The van der Waals surface area contributed by atoms with Crippen molar-refractivity contribution in [3.63, 3.8) is 0 Å². The minimum Gasteiger partial charge on any atom is -0.504 e. The van der Waals surface area contributed by atoms with Gasteiger partial charge in [0.25, 0.3) is 0 Å². The maximum atomic E-state index is 10.6. The number of carboxylic acids is 1. The van der Waals surface area contributed by atoms with Gasteiger partial charge in [-0.25, -0.2) is 4.79 Å². The first-order valence-electron chi connectivity index (χ1n) is 7.44. The third kappa shape index (κ3) is 4.37. The zero-order chi connectivity index (χ0) is 18.7. The Bertz CT molecular complexity index is 604. The SMILES string of the molecule is O=C(O)C(O)Cc1ccc(OC2OC(CO)C(O)C(O)C2O)c(O)c1. The van der Waals surface area contributed by atoms with E-state index in [0.717, 1.165) is 0 Å². The van der Waals surface area contributed by atoms with Gasteiger partial charge in [0.05, 0.1) is 6.61 Å². The highest BCUT2D eigenvalue weighted by atomic mass is 16.7. The quantitative estimate of drug-likeness (QED) is 0.288. The van der Waals surface area contributed by atoms with Crippen LogP contribution >= 0.6 is 0 Å². The molecular weight excluding hydrogens is 340 g/mol. The predicted molar refractivity (Wildman–Crippen MR) is 79.8 cm³/mol. The van der Waals surface area contributed by atoms with Crippen LogP contribution in [0.25, 0.3) is 0 Å². The highest BCUT2D eigenvalue weighted by Crippen LogP contribution is 2.31. The van der Waals surface area contributed by atoms with Crippen LogP contribution in [-0.4, -0.2) is 85.1 Å². The summed E-state index contributed by atoms with van der Waals surface area (Å²) in [5, 5.41) is 66.3. The molecule has 25 heavy (non-hydrogen) atoms. The Morgan fingerprint density at radius 3 is 2.44 bits per heavy atom. The maximum Gasteiger partial charge on any atom is 0.332 e. The molecule has 7 N–H and O–H groups in total. The van der Waals surface area contributed by atoms with Crippen molar-refractivity contribution in [3.05, 3.63) is 23.8 Å². The average molecular weight is 360 g/mol. The van der Waals surface area contributed by atoms with Crippen molar-refractivity contribution in [1.29, 1.82) is 0 Å². The molecule has 0 spiro atoms. The number of phenolic OH excluding ortho intramolecular Hbond substituents is 1. The summed E-state index contributed by atoms with van der Waals surface area (Å²) in [4.78, 5) is 10.6. The average Bonchev–Trinajstić information content (AvgIpc) is 2.57. The molecule has 0 amide bonds. The molecule has 0 aliphatic carbocycles. The van der Waals surface area contributed by atoms with Gasteiger partial charge in [-0.3, -0.25) is 0 Å². The predicted octanol–water partition coefficient (Wildman–Crippen LogP) is -2.44. The van der Waals surface area contributed by atoms with Crippen molar-refractivity contribution in [3.8, 4) is 11.5 Å². The molecule has 1 fully saturated rings. The smallest absolute Gasteiger partial charge is 0.332 e. The van der Waals surface area contributed by atoms with Gasteiger partial charge >= 0.3 is 5.97 Å². The van der Waals surface area contributed by atoms with Crippen LogP contribution < -0.4 is 4.74 Å². The molecule has 1 aromatic carbocycles. The summed E-state index contributed by atoms with van der Waals surface area (Å²) in [5.74, 6) is -1.95. The number of carboxylic acid groups (broad SMARTS) is 1. The first kappa shape index (κ1) is 19.4. The number of phenols is 1. The highest BCUT2D eigenvalue weighted by Gasteiger charge is 2.44. The second kappa shape index (κ2) is 7.95. The maximum absolute atomic E-state index is 10.6. The van der Waals surface area contributed by atoms with E-state index in [4.69, 9.17) is 19.7 Å². The van der Waals surface area contributed by atoms with E-state index in [-0.39, 0.29) is 12.2 Å². The summed E-state index contributed by atoms with van der Waals surface area (Å²) in [5.41, 5.74) is 0.327. The van der Waals surface area contributed by atoms with Gasteiger partial charge in [-0.05, 0) is 17.7 Å².